The number of nitrogens with zero attached hydrogens (tertiary/aromatic N) is 1. The van der Waals surface area contributed by atoms with Gasteiger partial charge in [-0.05, 0) is 86.4 Å². The number of hydrogen-bond acceptors (Lipinski definition) is 2. The molecule has 1 aromatic heterocycles. The Kier molecular flexibility index (Phi) is 5.60. The standard InChI is InChI=1S/C26H32N2/c1-15-9-19(5)26(28-14-15)23-11-16(2)24(17(3)12-23)25-18(4)10-22(21(25)7)13-20(6)27-8/h9,11-12,14,22,25,27H,4,6-7,10,13H2,1-3,5,8H3. The Morgan fingerprint density at radius 1 is 1.07 bits per heavy atom. The highest BCUT2D eigenvalue weighted by molar-refractivity contribution is 5.67. The van der Waals surface area contributed by atoms with Crippen LogP contribution in [-0.4, -0.2) is 12.0 Å². The van der Waals surface area contributed by atoms with Crippen molar-refractivity contribution in [1.29, 1.82) is 0 Å². The molecule has 1 aromatic carbocycles. The topological polar surface area (TPSA) is 24.9 Å². The van der Waals surface area contributed by atoms with E-state index >= 15 is 0 Å². The van der Waals surface area contributed by atoms with Gasteiger partial charge >= 0.3 is 0 Å². The molecule has 0 radical (unpaired) electrons. The quantitative estimate of drug-likeness (QED) is 0.621. The van der Waals surface area contributed by atoms with Crippen molar-refractivity contribution in [1.82, 2.24) is 10.3 Å². The summed E-state index contributed by atoms with van der Waals surface area (Å²) in [6.45, 7) is 21.6. The molecule has 1 saturated carbocycles. The van der Waals surface area contributed by atoms with Crippen LogP contribution < -0.4 is 5.32 Å². The Labute approximate surface area is 170 Å². The van der Waals surface area contributed by atoms with Crippen LogP contribution in [0.1, 0.15) is 46.6 Å². The molecule has 2 heteroatoms. The number of aryl methyl sites for hydroxylation is 4. The molecule has 2 aromatic rings. The summed E-state index contributed by atoms with van der Waals surface area (Å²) in [4.78, 5) is 4.69. The van der Waals surface area contributed by atoms with E-state index in [1.54, 1.807) is 0 Å². The van der Waals surface area contributed by atoms with Crippen LogP contribution in [0.4, 0.5) is 0 Å². The van der Waals surface area contributed by atoms with Crippen molar-refractivity contribution in [3.63, 3.8) is 0 Å². The lowest BCUT2D eigenvalue weighted by molar-refractivity contribution is 0.625. The maximum absolute atomic E-state index is 4.69. The third-order valence-corrected chi connectivity index (χ3v) is 6.03. The summed E-state index contributed by atoms with van der Waals surface area (Å²) in [5.74, 6) is 0.646. The van der Waals surface area contributed by atoms with Crippen LogP contribution in [0.15, 0.2) is 61.0 Å². The maximum atomic E-state index is 4.69. The third-order valence-electron chi connectivity index (χ3n) is 6.03. The molecule has 0 saturated heterocycles. The van der Waals surface area contributed by atoms with Gasteiger partial charge in [-0.1, -0.05) is 36.9 Å². The molecule has 0 bridgehead atoms. The molecule has 1 heterocycles. The van der Waals surface area contributed by atoms with E-state index in [1.807, 2.05) is 13.2 Å². The average Bonchev–Trinajstić information content (AvgIpc) is 2.88. The number of hydrogen-bond donors (Lipinski definition) is 1. The summed E-state index contributed by atoms with van der Waals surface area (Å²) in [7, 11) is 1.93. The molecular weight excluding hydrogens is 340 g/mol. The fraction of sp³-hybridized carbons (Fsp3) is 0.346. The van der Waals surface area contributed by atoms with Crippen molar-refractivity contribution in [2.75, 3.05) is 7.05 Å². The number of pyridine rings is 1. The van der Waals surface area contributed by atoms with Gasteiger partial charge < -0.3 is 5.32 Å². The Hall–Kier alpha value is -2.61. The van der Waals surface area contributed by atoms with Gasteiger partial charge in [-0.15, -0.1) is 0 Å². The van der Waals surface area contributed by atoms with Gasteiger partial charge in [0.05, 0.1) is 5.69 Å². The highest BCUT2D eigenvalue weighted by Gasteiger charge is 2.34. The smallest absolute Gasteiger partial charge is 0.0731 e. The summed E-state index contributed by atoms with van der Waals surface area (Å²) in [6, 6.07) is 6.74. The molecule has 1 aliphatic rings. The molecule has 1 fully saturated rings. The van der Waals surface area contributed by atoms with Crippen molar-refractivity contribution < 1.29 is 0 Å². The van der Waals surface area contributed by atoms with E-state index in [9.17, 15) is 0 Å². The molecule has 1 aliphatic carbocycles. The van der Waals surface area contributed by atoms with Crippen LogP contribution in [0, 0.1) is 33.6 Å². The average molecular weight is 373 g/mol. The van der Waals surface area contributed by atoms with Crippen LogP contribution in [0.3, 0.4) is 0 Å². The second-order valence-electron chi connectivity index (χ2n) is 8.33. The summed E-state index contributed by atoms with van der Waals surface area (Å²) in [5, 5.41) is 3.17. The molecule has 1 N–H and O–H groups in total. The van der Waals surface area contributed by atoms with E-state index in [4.69, 9.17) is 0 Å². The van der Waals surface area contributed by atoms with Crippen molar-refractivity contribution in [3.8, 4) is 11.3 Å². The minimum absolute atomic E-state index is 0.232. The maximum Gasteiger partial charge on any atom is 0.0731 e. The summed E-state index contributed by atoms with van der Waals surface area (Å²) in [5.41, 5.74) is 12.2. The number of nitrogens with one attached hydrogen (secondary N) is 1. The number of benzene rings is 1. The van der Waals surface area contributed by atoms with Crippen LogP contribution in [0.2, 0.25) is 0 Å². The Morgan fingerprint density at radius 3 is 2.29 bits per heavy atom. The van der Waals surface area contributed by atoms with Gasteiger partial charge in [0.2, 0.25) is 0 Å². The molecule has 0 aliphatic heterocycles. The molecule has 0 spiro atoms. The largest absolute Gasteiger partial charge is 0.392 e. The minimum Gasteiger partial charge on any atom is -0.392 e. The predicted octanol–water partition coefficient (Wildman–Crippen LogP) is 6.32. The van der Waals surface area contributed by atoms with E-state index in [2.05, 4.69) is 75.9 Å². The van der Waals surface area contributed by atoms with Crippen LogP contribution in [0.25, 0.3) is 11.3 Å². The zero-order valence-electron chi connectivity index (χ0n) is 17.9. The summed E-state index contributed by atoms with van der Waals surface area (Å²) in [6.07, 6.45) is 3.86. The summed E-state index contributed by atoms with van der Waals surface area (Å²) < 4.78 is 0. The van der Waals surface area contributed by atoms with E-state index in [0.717, 1.165) is 24.2 Å². The fourth-order valence-corrected chi connectivity index (χ4v) is 4.64. The number of allylic oxidation sites excluding steroid dienone is 3. The molecule has 2 unspecified atom stereocenters. The first-order valence-corrected chi connectivity index (χ1v) is 9.99. The molecule has 2 atom stereocenters. The highest BCUT2D eigenvalue weighted by atomic mass is 14.8. The Bertz CT molecular complexity index is 941. The first kappa shape index (κ1) is 20.1. The Balaban J connectivity index is 1.98. The molecule has 3 rings (SSSR count). The van der Waals surface area contributed by atoms with E-state index in [-0.39, 0.29) is 5.92 Å². The van der Waals surface area contributed by atoms with Gasteiger partial charge in [-0.25, -0.2) is 0 Å². The lowest BCUT2D eigenvalue weighted by Gasteiger charge is -2.22. The lowest BCUT2D eigenvalue weighted by atomic mass is 9.83. The molecule has 2 nitrogen and oxygen atoms in total. The van der Waals surface area contributed by atoms with Crippen molar-refractivity contribution in [3.05, 3.63) is 88.8 Å². The van der Waals surface area contributed by atoms with Crippen LogP contribution in [0.5, 0.6) is 0 Å². The van der Waals surface area contributed by atoms with Gasteiger partial charge in [-0.2, -0.15) is 0 Å². The van der Waals surface area contributed by atoms with Crippen molar-refractivity contribution >= 4 is 0 Å². The van der Waals surface area contributed by atoms with Crippen molar-refractivity contribution in [2.45, 2.75) is 46.5 Å². The van der Waals surface area contributed by atoms with Gasteiger partial charge in [0.1, 0.15) is 0 Å². The van der Waals surface area contributed by atoms with Crippen LogP contribution in [-0.2, 0) is 0 Å². The van der Waals surface area contributed by atoms with E-state index < -0.39 is 0 Å². The fourth-order valence-electron chi connectivity index (χ4n) is 4.64. The second-order valence-corrected chi connectivity index (χ2v) is 8.33. The normalized spacial score (nSPS) is 19.2. The molecule has 0 amide bonds. The third kappa shape index (κ3) is 3.69. The molecule has 146 valence electrons. The second kappa shape index (κ2) is 7.79. The van der Waals surface area contributed by atoms with E-state index in [0.29, 0.717) is 5.92 Å². The first-order valence-electron chi connectivity index (χ1n) is 9.99. The highest BCUT2D eigenvalue weighted by Crippen LogP contribution is 2.49. The molecular formula is C26H32N2. The van der Waals surface area contributed by atoms with Gasteiger partial charge in [0.15, 0.2) is 0 Å². The number of rotatable bonds is 5. The monoisotopic (exact) mass is 372 g/mol. The SMILES string of the molecule is C=C(CC1CC(=C)C(c2c(C)cc(-c3ncc(C)cc3C)cc2C)C1=C)NC. The summed E-state index contributed by atoms with van der Waals surface area (Å²) >= 11 is 0. The molecule has 28 heavy (non-hydrogen) atoms. The van der Waals surface area contributed by atoms with Crippen molar-refractivity contribution in [2.24, 2.45) is 5.92 Å². The zero-order chi connectivity index (χ0) is 20.6. The lowest BCUT2D eigenvalue weighted by Crippen LogP contribution is -2.10. The zero-order valence-corrected chi connectivity index (χ0v) is 17.9. The first-order chi connectivity index (χ1) is 13.2. The van der Waals surface area contributed by atoms with Crippen LogP contribution >= 0.6 is 0 Å². The minimum atomic E-state index is 0.232. The predicted molar refractivity (Wildman–Crippen MR) is 121 cm³/mol. The van der Waals surface area contributed by atoms with Gasteiger partial charge in [-0.3, -0.25) is 4.98 Å². The van der Waals surface area contributed by atoms with Gasteiger partial charge in [0.25, 0.3) is 0 Å². The Morgan fingerprint density at radius 2 is 1.71 bits per heavy atom. The van der Waals surface area contributed by atoms with Gasteiger partial charge in [0, 0.05) is 30.4 Å². The number of aromatic nitrogens is 1. The van der Waals surface area contributed by atoms with E-state index in [1.165, 1.54) is 44.5 Å².